The number of benzene rings is 10. The molecule has 0 heterocycles. The van der Waals surface area contributed by atoms with E-state index < -0.39 is 0 Å². The van der Waals surface area contributed by atoms with Crippen LogP contribution >= 0.6 is 0 Å². The molecule has 0 atom stereocenters. The highest BCUT2D eigenvalue weighted by Crippen LogP contribution is 2.44. The minimum Gasteiger partial charge on any atom is -0.507 e. The smallest absolute Gasteiger partial charge is 0.126 e. The summed E-state index contributed by atoms with van der Waals surface area (Å²) in [4.78, 5) is 10.1. The molecule has 2 N–H and O–H groups in total. The Balaban J connectivity index is 1.04. The molecule has 0 saturated heterocycles. The van der Waals surface area contributed by atoms with Crippen molar-refractivity contribution in [2.24, 2.45) is 9.98 Å². The van der Waals surface area contributed by atoms with Crippen molar-refractivity contribution in [1.29, 1.82) is 0 Å². The monoisotopic (exact) mass is 1110 g/mol. The van der Waals surface area contributed by atoms with Crippen LogP contribution in [-0.4, -0.2) is 48.9 Å². The van der Waals surface area contributed by atoms with Crippen molar-refractivity contribution in [1.82, 2.24) is 0 Å². The molecule has 11 rings (SSSR count). The van der Waals surface area contributed by atoms with E-state index in [9.17, 15) is 10.2 Å². The normalized spacial score (nSPS) is 13.5. The number of nitrogens with zero attached hydrogens (tertiary/aromatic N) is 2. The zero-order valence-electron chi connectivity index (χ0n) is 51.4. The molecule has 6 heteroatoms. The van der Waals surface area contributed by atoms with E-state index in [-0.39, 0.29) is 33.2 Å². The maximum absolute atomic E-state index is 13.0. The van der Waals surface area contributed by atoms with Gasteiger partial charge in [-0.05, 0) is 144 Å². The molecule has 10 aromatic rings. The van der Waals surface area contributed by atoms with Gasteiger partial charge in [0, 0.05) is 49.2 Å². The van der Waals surface area contributed by atoms with Gasteiger partial charge in [0.1, 0.15) is 36.2 Å². The summed E-state index contributed by atoms with van der Waals surface area (Å²) in [5.41, 5.74) is 13.1. The first-order valence-electron chi connectivity index (χ1n) is 30.1. The average Bonchev–Trinajstić information content (AvgIpc) is 3.04. The Morgan fingerprint density at radius 2 is 0.583 bits per heavy atom. The molecule has 0 radical (unpaired) electrons. The molecule has 428 valence electrons. The Kier molecular flexibility index (Phi) is 15.6. The SMILES string of the molecule is CC(C)(C)c1cc2c(O)c(c1)Cc1cc(C(C)(C)C)cc(c1OCCN=Cc1c3ccccc3cc3ccccc13)Cc1cc(C(C)(C)C)cc(c1O)Cc1cc(C(C)(C)C)cc(c1OCCN=Cc1c3ccccc3cc3ccccc13)C2. The number of aliphatic imine (C=N–C) groups is 2. The second-order valence-corrected chi connectivity index (χ2v) is 27.5. The molecular formula is C78H82N2O4. The first-order chi connectivity index (χ1) is 40.0. The van der Waals surface area contributed by atoms with Gasteiger partial charge >= 0.3 is 0 Å². The van der Waals surface area contributed by atoms with Crippen LogP contribution in [0.3, 0.4) is 0 Å². The Labute approximate surface area is 498 Å². The van der Waals surface area contributed by atoms with E-state index in [0.29, 0.717) is 52.0 Å². The fourth-order valence-electron chi connectivity index (χ4n) is 12.1. The first kappa shape index (κ1) is 57.6. The van der Waals surface area contributed by atoms with Gasteiger partial charge in [-0.3, -0.25) is 9.98 Å². The number of hydrogen-bond acceptors (Lipinski definition) is 6. The van der Waals surface area contributed by atoms with Crippen molar-refractivity contribution in [2.45, 2.75) is 130 Å². The van der Waals surface area contributed by atoms with E-state index in [0.717, 1.165) is 111 Å². The third kappa shape index (κ3) is 12.1. The molecule has 8 bridgehead atoms. The number of fused-ring (bicyclic) bond motifs is 12. The molecule has 0 amide bonds. The summed E-state index contributed by atoms with van der Waals surface area (Å²) in [6.07, 6.45) is 5.69. The molecule has 10 aromatic carbocycles. The van der Waals surface area contributed by atoms with E-state index in [1.807, 2.05) is 12.4 Å². The van der Waals surface area contributed by atoms with E-state index in [1.165, 1.54) is 21.5 Å². The van der Waals surface area contributed by atoms with Gasteiger partial charge in [0.15, 0.2) is 0 Å². The minimum atomic E-state index is -0.237. The zero-order valence-corrected chi connectivity index (χ0v) is 51.4. The van der Waals surface area contributed by atoms with Gasteiger partial charge in [-0.2, -0.15) is 0 Å². The summed E-state index contributed by atoms with van der Waals surface area (Å²) in [5, 5.41) is 35.3. The topological polar surface area (TPSA) is 83.6 Å². The lowest BCUT2D eigenvalue weighted by atomic mass is 9.79. The summed E-state index contributed by atoms with van der Waals surface area (Å²) in [6.45, 7) is 28.5. The fraction of sp³-hybridized carbons (Fsp3) is 0.308. The van der Waals surface area contributed by atoms with Crippen molar-refractivity contribution >= 4 is 55.5 Å². The Bertz CT molecular complexity index is 3730. The third-order valence-electron chi connectivity index (χ3n) is 17.0. The van der Waals surface area contributed by atoms with Gasteiger partial charge in [0.25, 0.3) is 0 Å². The maximum Gasteiger partial charge on any atom is 0.126 e. The molecule has 0 spiro atoms. The lowest BCUT2D eigenvalue weighted by molar-refractivity contribution is 0.322. The molecule has 0 fully saturated rings. The van der Waals surface area contributed by atoms with E-state index in [4.69, 9.17) is 19.5 Å². The number of ether oxygens (including phenoxy) is 2. The summed E-state index contributed by atoms with van der Waals surface area (Å²) < 4.78 is 14.2. The maximum atomic E-state index is 13.0. The Hall–Kier alpha value is -8.22. The summed E-state index contributed by atoms with van der Waals surface area (Å²) in [7, 11) is 0. The van der Waals surface area contributed by atoms with Gasteiger partial charge in [0.05, 0.1) is 13.1 Å². The van der Waals surface area contributed by atoms with E-state index >= 15 is 0 Å². The number of phenols is 2. The van der Waals surface area contributed by atoms with Crippen LogP contribution < -0.4 is 9.47 Å². The minimum absolute atomic E-state index is 0.227. The van der Waals surface area contributed by atoms with Crippen LogP contribution in [0.15, 0.2) is 168 Å². The van der Waals surface area contributed by atoms with Crippen molar-refractivity contribution < 1.29 is 19.7 Å². The van der Waals surface area contributed by atoms with Crippen LogP contribution in [0.4, 0.5) is 0 Å². The molecule has 1 aliphatic carbocycles. The van der Waals surface area contributed by atoms with Crippen LogP contribution in [-0.2, 0) is 47.3 Å². The number of rotatable bonds is 10. The van der Waals surface area contributed by atoms with Crippen molar-refractivity contribution in [2.75, 3.05) is 26.3 Å². The van der Waals surface area contributed by atoms with Gasteiger partial charge in [-0.15, -0.1) is 0 Å². The molecule has 1 aliphatic rings. The number of phenolic OH excluding ortho intramolecular Hbond substituents is 2. The second kappa shape index (κ2) is 22.7. The van der Waals surface area contributed by atoms with E-state index in [2.05, 4.69) is 241 Å². The van der Waals surface area contributed by atoms with Crippen LogP contribution in [0, 0.1) is 0 Å². The molecular weight excluding hydrogens is 1030 g/mol. The predicted octanol–water partition coefficient (Wildman–Crippen LogP) is 18.6. The molecule has 6 nitrogen and oxygen atoms in total. The highest BCUT2D eigenvalue weighted by atomic mass is 16.5. The quantitative estimate of drug-likeness (QED) is 0.0812. The standard InChI is InChI=1S/C78H82N2O4/c1-75(2,3)61-39-53-35-57-43-63(77(7,8)9)45-59(73(57)83-31-29-79-47-69-65-25-17-13-21-49(65)33-50-22-14-18-26-66(50)69)37-55-41-62(76(4,5)6)42-56(72(55)82)38-60-46-64(78(10,11)12)44-58(36-54(40-61)71(53)81)74(60)84-32-30-80-48-70-67-27-19-15-23-51(67)34-52-24-16-20-28-68(52)70/h13-28,33-34,39-48,81-82H,29-32,35-38H2,1-12H3. The second-order valence-electron chi connectivity index (χ2n) is 27.5. The van der Waals surface area contributed by atoms with Gasteiger partial charge in [0.2, 0.25) is 0 Å². The van der Waals surface area contributed by atoms with Crippen molar-refractivity contribution in [3.05, 3.63) is 236 Å². The third-order valence-corrected chi connectivity index (χ3v) is 17.0. The van der Waals surface area contributed by atoms with Crippen LogP contribution in [0.25, 0.3) is 43.1 Å². The van der Waals surface area contributed by atoms with Crippen LogP contribution in [0.1, 0.15) is 161 Å². The molecule has 0 aromatic heterocycles. The molecule has 84 heavy (non-hydrogen) atoms. The number of aromatic hydroxyl groups is 2. The average molecular weight is 1110 g/mol. The Morgan fingerprint density at radius 3 is 0.833 bits per heavy atom. The lowest BCUT2D eigenvalue weighted by Crippen LogP contribution is -2.17. The van der Waals surface area contributed by atoms with Crippen LogP contribution in [0.2, 0.25) is 0 Å². The highest BCUT2D eigenvalue weighted by molar-refractivity contribution is 6.14. The number of hydrogen-bond donors (Lipinski definition) is 2. The molecule has 0 unspecified atom stereocenters. The highest BCUT2D eigenvalue weighted by Gasteiger charge is 2.29. The zero-order chi connectivity index (χ0) is 59.3. The largest absolute Gasteiger partial charge is 0.507 e. The van der Waals surface area contributed by atoms with Gasteiger partial charge in [-0.1, -0.05) is 229 Å². The Morgan fingerprint density at radius 1 is 0.345 bits per heavy atom. The summed E-state index contributed by atoms with van der Waals surface area (Å²) in [6, 6.07) is 56.4. The van der Waals surface area contributed by atoms with E-state index in [1.54, 1.807) is 0 Å². The summed E-state index contributed by atoms with van der Waals surface area (Å²) in [5.74, 6) is 2.07. The van der Waals surface area contributed by atoms with Crippen molar-refractivity contribution in [3.63, 3.8) is 0 Å². The molecule has 0 aliphatic heterocycles. The van der Waals surface area contributed by atoms with Crippen molar-refractivity contribution in [3.8, 4) is 23.0 Å². The molecule has 0 saturated carbocycles. The van der Waals surface area contributed by atoms with Gasteiger partial charge < -0.3 is 19.7 Å². The first-order valence-corrected chi connectivity index (χ1v) is 30.1. The fourth-order valence-corrected chi connectivity index (χ4v) is 12.1. The predicted molar refractivity (Wildman–Crippen MR) is 354 cm³/mol. The summed E-state index contributed by atoms with van der Waals surface area (Å²) >= 11 is 0. The van der Waals surface area contributed by atoms with Crippen LogP contribution in [0.5, 0.6) is 23.0 Å². The van der Waals surface area contributed by atoms with Gasteiger partial charge in [-0.25, -0.2) is 0 Å². The lowest BCUT2D eigenvalue weighted by Gasteiger charge is -2.28.